The van der Waals surface area contributed by atoms with Crippen molar-refractivity contribution in [1.82, 2.24) is 4.98 Å². The molecule has 1 N–H and O–H groups in total. The fourth-order valence-corrected chi connectivity index (χ4v) is 2.74. The molecule has 134 valence electrons. The van der Waals surface area contributed by atoms with E-state index in [1.54, 1.807) is 19.1 Å². The van der Waals surface area contributed by atoms with E-state index in [4.69, 9.17) is 0 Å². The summed E-state index contributed by atoms with van der Waals surface area (Å²) in [6.45, 7) is -0.151. The standard InChI is InChI=1S/C15H13F3N2O4S/c1-10-5-6-19-13(7-10)20-14(21)11-3-2-4-12(8-11)25(22,23)24-9-15(16,17)18/h2-8H,9H2,1H3,(H,19,20,21). The van der Waals surface area contributed by atoms with Crippen molar-refractivity contribution < 1.29 is 30.6 Å². The molecular formula is C15H13F3N2O4S. The van der Waals surface area contributed by atoms with Gasteiger partial charge in [-0.1, -0.05) is 6.07 Å². The number of aromatic nitrogens is 1. The zero-order valence-corrected chi connectivity index (χ0v) is 13.7. The van der Waals surface area contributed by atoms with Crippen LogP contribution in [0, 0.1) is 6.92 Å². The van der Waals surface area contributed by atoms with E-state index in [2.05, 4.69) is 14.5 Å². The second-order valence-corrected chi connectivity index (χ2v) is 6.65. The lowest BCUT2D eigenvalue weighted by Gasteiger charge is -2.09. The number of benzene rings is 1. The predicted molar refractivity (Wildman–Crippen MR) is 82.6 cm³/mol. The van der Waals surface area contributed by atoms with E-state index in [0.29, 0.717) is 0 Å². The van der Waals surface area contributed by atoms with E-state index in [9.17, 15) is 26.4 Å². The Morgan fingerprint density at radius 2 is 1.96 bits per heavy atom. The molecule has 10 heteroatoms. The number of anilines is 1. The van der Waals surface area contributed by atoms with Crippen LogP contribution in [0.3, 0.4) is 0 Å². The summed E-state index contributed by atoms with van der Waals surface area (Å²) in [5, 5.41) is 2.47. The topological polar surface area (TPSA) is 85.4 Å². The van der Waals surface area contributed by atoms with Crippen molar-refractivity contribution >= 4 is 21.8 Å². The maximum atomic E-state index is 12.2. The lowest BCUT2D eigenvalue weighted by Crippen LogP contribution is -2.21. The molecule has 6 nitrogen and oxygen atoms in total. The number of pyridine rings is 1. The van der Waals surface area contributed by atoms with Gasteiger partial charge in [0.1, 0.15) is 5.82 Å². The van der Waals surface area contributed by atoms with Crippen molar-refractivity contribution in [3.05, 3.63) is 53.7 Å². The largest absolute Gasteiger partial charge is 0.413 e. The summed E-state index contributed by atoms with van der Waals surface area (Å²) in [7, 11) is -4.64. The quantitative estimate of drug-likeness (QED) is 0.814. The van der Waals surface area contributed by atoms with Gasteiger partial charge in [0.15, 0.2) is 6.61 Å². The van der Waals surface area contributed by atoms with E-state index >= 15 is 0 Å². The third kappa shape index (κ3) is 5.54. The van der Waals surface area contributed by atoms with Gasteiger partial charge in [0.05, 0.1) is 4.90 Å². The summed E-state index contributed by atoms with van der Waals surface area (Å²) in [6.07, 6.45) is -3.31. The molecule has 2 rings (SSSR count). The molecular weight excluding hydrogens is 361 g/mol. The molecule has 1 aromatic heterocycles. The highest BCUT2D eigenvalue weighted by Gasteiger charge is 2.31. The Balaban J connectivity index is 2.19. The van der Waals surface area contributed by atoms with Crippen molar-refractivity contribution in [2.24, 2.45) is 0 Å². The van der Waals surface area contributed by atoms with Crippen molar-refractivity contribution in [3.63, 3.8) is 0 Å². The van der Waals surface area contributed by atoms with E-state index in [0.717, 1.165) is 17.7 Å². The monoisotopic (exact) mass is 374 g/mol. The summed E-state index contributed by atoms with van der Waals surface area (Å²) in [5.41, 5.74) is 0.780. The molecule has 0 saturated heterocycles. The Morgan fingerprint density at radius 1 is 1.24 bits per heavy atom. The first-order chi connectivity index (χ1) is 11.6. The minimum Gasteiger partial charge on any atom is -0.307 e. The molecule has 0 radical (unpaired) electrons. The number of hydrogen-bond acceptors (Lipinski definition) is 5. The van der Waals surface area contributed by atoms with Crippen LogP contribution >= 0.6 is 0 Å². The number of aryl methyl sites for hydroxylation is 1. The van der Waals surface area contributed by atoms with E-state index in [1.165, 1.54) is 18.3 Å². The van der Waals surface area contributed by atoms with Crippen molar-refractivity contribution in [1.29, 1.82) is 0 Å². The van der Waals surface area contributed by atoms with Crippen molar-refractivity contribution in [3.8, 4) is 0 Å². The van der Waals surface area contributed by atoms with Crippen LogP contribution in [0.25, 0.3) is 0 Å². The zero-order chi connectivity index (χ0) is 18.7. The van der Waals surface area contributed by atoms with E-state index in [-0.39, 0.29) is 11.4 Å². The van der Waals surface area contributed by atoms with Crippen LogP contribution in [0.5, 0.6) is 0 Å². The molecule has 1 aromatic carbocycles. The summed E-state index contributed by atoms with van der Waals surface area (Å²) in [6, 6.07) is 7.83. The summed E-state index contributed by atoms with van der Waals surface area (Å²) < 4.78 is 63.9. The van der Waals surface area contributed by atoms with Gasteiger partial charge in [-0.15, -0.1) is 0 Å². The normalized spacial score (nSPS) is 12.0. The number of nitrogens with one attached hydrogen (secondary N) is 1. The summed E-state index contributed by atoms with van der Waals surface area (Å²) in [4.78, 5) is 15.5. The number of amides is 1. The van der Waals surface area contributed by atoms with E-state index < -0.39 is 33.7 Å². The average molecular weight is 374 g/mol. The molecule has 0 aliphatic rings. The number of hydrogen-bond donors (Lipinski definition) is 1. The highest BCUT2D eigenvalue weighted by Crippen LogP contribution is 2.20. The van der Waals surface area contributed by atoms with Crippen LogP contribution in [0.1, 0.15) is 15.9 Å². The number of rotatable bonds is 5. The number of alkyl halides is 3. The Labute approximate surface area is 141 Å². The Morgan fingerprint density at radius 3 is 2.60 bits per heavy atom. The minimum absolute atomic E-state index is 0.0695. The van der Waals surface area contributed by atoms with Crippen molar-refractivity contribution in [2.45, 2.75) is 18.0 Å². The van der Waals surface area contributed by atoms with Crippen molar-refractivity contribution in [2.75, 3.05) is 11.9 Å². The Hall–Kier alpha value is -2.46. The van der Waals surface area contributed by atoms with Crippen LogP contribution in [0.15, 0.2) is 47.5 Å². The molecule has 0 saturated carbocycles. The number of carbonyl (C=O) groups excluding carboxylic acids is 1. The molecule has 0 atom stereocenters. The Bertz CT molecular complexity index is 882. The van der Waals surface area contributed by atoms with Gasteiger partial charge < -0.3 is 5.32 Å². The van der Waals surface area contributed by atoms with Gasteiger partial charge in [-0.2, -0.15) is 21.6 Å². The van der Waals surface area contributed by atoms with Crippen LogP contribution in [-0.4, -0.2) is 32.1 Å². The maximum Gasteiger partial charge on any atom is 0.413 e. The molecule has 0 unspecified atom stereocenters. The molecule has 0 spiro atoms. The predicted octanol–water partition coefficient (Wildman–Crippen LogP) is 2.91. The number of halogens is 3. The molecule has 25 heavy (non-hydrogen) atoms. The van der Waals surface area contributed by atoms with Gasteiger partial charge >= 0.3 is 6.18 Å². The van der Waals surface area contributed by atoms with Crippen LogP contribution in [0.2, 0.25) is 0 Å². The third-order valence-corrected chi connectivity index (χ3v) is 4.18. The van der Waals surface area contributed by atoms with Crippen LogP contribution < -0.4 is 5.32 Å². The van der Waals surface area contributed by atoms with Crippen LogP contribution in [0.4, 0.5) is 19.0 Å². The third-order valence-electron chi connectivity index (χ3n) is 2.92. The van der Waals surface area contributed by atoms with Gasteiger partial charge in [-0.3, -0.25) is 8.98 Å². The van der Waals surface area contributed by atoms with Gasteiger partial charge in [-0.25, -0.2) is 4.98 Å². The average Bonchev–Trinajstić information content (AvgIpc) is 2.53. The molecule has 1 amide bonds. The van der Waals surface area contributed by atoms with E-state index in [1.807, 2.05) is 0 Å². The lowest BCUT2D eigenvalue weighted by molar-refractivity contribution is -0.152. The maximum absolute atomic E-state index is 12.2. The van der Waals surface area contributed by atoms with Gasteiger partial charge in [-0.05, 0) is 42.8 Å². The van der Waals surface area contributed by atoms with Gasteiger partial charge in [0.25, 0.3) is 16.0 Å². The first kappa shape index (κ1) is 18.9. The zero-order valence-electron chi connectivity index (χ0n) is 12.9. The molecule has 2 aromatic rings. The molecule has 1 heterocycles. The highest BCUT2D eigenvalue weighted by molar-refractivity contribution is 7.86. The fraction of sp³-hybridized carbons (Fsp3) is 0.200. The van der Waals surface area contributed by atoms with Crippen LogP contribution in [-0.2, 0) is 14.3 Å². The Kier molecular flexibility index (Phi) is 5.43. The van der Waals surface area contributed by atoms with Gasteiger partial charge in [0.2, 0.25) is 0 Å². The minimum atomic E-state index is -4.79. The first-order valence-corrected chi connectivity index (χ1v) is 8.28. The molecule has 0 fully saturated rings. The molecule has 0 bridgehead atoms. The first-order valence-electron chi connectivity index (χ1n) is 6.87. The summed E-state index contributed by atoms with van der Waals surface area (Å²) in [5.74, 6) is -0.405. The fourth-order valence-electron chi connectivity index (χ4n) is 1.80. The second-order valence-electron chi connectivity index (χ2n) is 5.03. The van der Waals surface area contributed by atoms with Gasteiger partial charge in [0, 0.05) is 11.8 Å². The SMILES string of the molecule is Cc1ccnc(NC(=O)c2cccc(S(=O)(=O)OCC(F)(F)F)c2)c1. The summed E-state index contributed by atoms with van der Waals surface area (Å²) >= 11 is 0. The molecule has 0 aliphatic heterocycles. The second kappa shape index (κ2) is 7.19. The highest BCUT2D eigenvalue weighted by atomic mass is 32.2. The molecule has 0 aliphatic carbocycles. The lowest BCUT2D eigenvalue weighted by atomic mass is 10.2. The number of nitrogens with zero attached hydrogens (tertiary/aromatic N) is 1. The smallest absolute Gasteiger partial charge is 0.307 e. The number of carbonyl (C=O) groups is 1.